The summed E-state index contributed by atoms with van der Waals surface area (Å²) in [4.78, 5) is 10.9. The average Bonchev–Trinajstić information content (AvgIpc) is 2.28. The Hall–Kier alpha value is -1.71. The van der Waals surface area contributed by atoms with E-state index >= 15 is 0 Å². The Bertz CT molecular complexity index is 350. The zero-order valence-corrected chi connectivity index (χ0v) is 9.16. The lowest BCUT2D eigenvalue weighted by molar-refractivity contribution is 0.112. The molecule has 0 aliphatic rings. The van der Waals surface area contributed by atoms with Gasteiger partial charge in [0, 0.05) is 18.7 Å². The van der Waals surface area contributed by atoms with Gasteiger partial charge >= 0.3 is 0 Å². The van der Waals surface area contributed by atoms with Crippen LogP contribution in [-0.2, 0) is 0 Å². The molecule has 0 aromatic heterocycles. The van der Waals surface area contributed by atoms with E-state index in [0.29, 0.717) is 29.4 Å². The van der Waals surface area contributed by atoms with Gasteiger partial charge in [0.25, 0.3) is 0 Å². The van der Waals surface area contributed by atoms with E-state index in [0.717, 1.165) is 6.29 Å². The maximum Gasteiger partial charge on any atom is 0.152 e. The molecule has 0 heterocycles. The van der Waals surface area contributed by atoms with Crippen molar-refractivity contribution in [3.8, 4) is 11.5 Å². The molecular formula is C11H15NO3. The predicted octanol–water partition coefficient (Wildman–Crippen LogP) is 1.95. The molecule has 0 aliphatic carbocycles. The summed E-state index contributed by atoms with van der Waals surface area (Å²) < 4.78 is 10.5. The average molecular weight is 209 g/mol. The number of ether oxygens (including phenoxy) is 2. The topological polar surface area (TPSA) is 47.6 Å². The van der Waals surface area contributed by atoms with Gasteiger partial charge in [0.15, 0.2) is 6.29 Å². The van der Waals surface area contributed by atoms with Crippen LogP contribution in [0.2, 0.25) is 0 Å². The molecule has 0 spiro atoms. The van der Waals surface area contributed by atoms with Gasteiger partial charge in [0.1, 0.15) is 11.5 Å². The second-order valence-electron chi connectivity index (χ2n) is 2.89. The summed E-state index contributed by atoms with van der Waals surface area (Å²) in [5.41, 5.74) is 1.22. The standard InChI is InChI=1S/C11H15NO3/c1-4-15-10-6-9(14-3)5-8(7-13)11(10)12-2/h5-7,12H,4H2,1-3H3. The van der Waals surface area contributed by atoms with E-state index < -0.39 is 0 Å². The van der Waals surface area contributed by atoms with Crippen molar-refractivity contribution in [3.63, 3.8) is 0 Å². The molecule has 0 saturated heterocycles. The van der Waals surface area contributed by atoms with Gasteiger partial charge in [-0.05, 0) is 13.0 Å². The Balaban J connectivity index is 3.25. The molecule has 1 rings (SSSR count). The maximum absolute atomic E-state index is 10.9. The first kappa shape index (κ1) is 11.4. The van der Waals surface area contributed by atoms with Crippen molar-refractivity contribution in [2.75, 3.05) is 26.1 Å². The number of aldehydes is 1. The van der Waals surface area contributed by atoms with E-state index in [1.165, 1.54) is 0 Å². The maximum atomic E-state index is 10.9. The Morgan fingerprint density at radius 2 is 2.20 bits per heavy atom. The number of rotatable bonds is 5. The molecule has 4 nitrogen and oxygen atoms in total. The van der Waals surface area contributed by atoms with E-state index in [1.54, 1.807) is 26.3 Å². The third kappa shape index (κ3) is 2.40. The summed E-state index contributed by atoms with van der Waals surface area (Å²) in [7, 11) is 3.30. The first-order valence-corrected chi connectivity index (χ1v) is 4.74. The van der Waals surface area contributed by atoms with Gasteiger partial charge in [-0.3, -0.25) is 4.79 Å². The summed E-state index contributed by atoms with van der Waals surface area (Å²) in [6, 6.07) is 3.42. The number of anilines is 1. The highest BCUT2D eigenvalue weighted by Gasteiger charge is 2.10. The SMILES string of the molecule is CCOc1cc(OC)cc(C=O)c1NC. The van der Waals surface area contributed by atoms with Crippen LogP contribution >= 0.6 is 0 Å². The molecule has 0 amide bonds. The number of nitrogens with one attached hydrogen (secondary N) is 1. The van der Waals surface area contributed by atoms with Gasteiger partial charge < -0.3 is 14.8 Å². The molecule has 0 atom stereocenters. The predicted molar refractivity (Wildman–Crippen MR) is 59.1 cm³/mol. The van der Waals surface area contributed by atoms with E-state index in [1.807, 2.05) is 6.92 Å². The summed E-state index contributed by atoms with van der Waals surface area (Å²) in [5.74, 6) is 1.24. The first-order valence-electron chi connectivity index (χ1n) is 4.74. The summed E-state index contributed by atoms with van der Waals surface area (Å²) in [6.45, 7) is 2.43. The molecule has 0 fully saturated rings. The Labute approximate surface area is 89.2 Å². The van der Waals surface area contributed by atoms with Crippen LogP contribution < -0.4 is 14.8 Å². The van der Waals surface area contributed by atoms with E-state index in [9.17, 15) is 4.79 Å². The van der Waals surface area contributed by atoms with Crippen molar-refractivity contribution in [1.82, 2.24) is 0 Å². The zero-order chi connectivity index (χ0) is 11.3. The number of methoxy groups -OCH3 is 1. The fourth-order valence-corrected chi connectivity index (χ4v) is 1.36. The first-order chi connectivity index (χ1) is 7.26. The molecule has 0 unspecified atom stereocenters. The van der Waals surface area contributed by atoms with Gasteiger partial charge in [-0.1, -0.05) is 0 Å². The second-order valence-corrected chi connectivity index (χ2v) is 2.89. The van der Waals surface area contributed by atoms with Crippen LogP contribution in [0.25, 0.3) is 0 Å². The van der Waals surface area contributed by atoms with Gasteiger partial charge in [0.05, 0.1) is 19.4 Å². The lowest BCUT2D eigenvalue weighted by Crippen LogP contribution is -2.01. The van der Waals surface area contributed by atoms with Crippen molar-refractivity contribution in [2.24, 2.45) is 0 Å². The van der Waals surface area contributed by atoms with Crippen molar-refractivity contribution >= 4 is 12.0 Å². The van der Waals surface area contributed by atoms with Gasteiger partial charge in [0.2, 0.25) is 0 Å². The fraction of sp³-hybridized carbons (Fsp3) is 0.364. The number of carbonyl (C=O) groups is 1. The number of benzene rings is 1. The van der Waals surface area contributed by atoms with Crippen LogP contribution in [0.5, 0.6) is 11.5 Å². The molecule has 82 valence electrons. The van der Waals surface area contributed by atoms with Crippen LogP contribution in [-0.4, -0.2) is 27.1 Å². The van der Waals surface area contributed by atoms with Crippen molar-refractivity contribution in [2.45, 2.75) is 6.92 Å². The minimum Gasteiger partial charge on any atom is -0.497 e. The molecule has 0 aliphatic heterocycles. The third-order valence-corrected chi connectivity index (χ3v) is 2.02. The normalized spacial score (nSPS) is 9.53. The Kier molecular flexibility index (Phi) is 3.97. The highest BCUT2D eigenvalue weighted by atomic mass is 16.5. The van der Waals surface area contributed by atoms with Crippen molar-refractivity contribution in [3.05, 3.63) is 17.7 Å². The Morgan fingerprint density at radius 3 is 2.67 bits per heavy atom. The molecule has 4 heteroatoms. The van der Waals surface area contributed by atoms with E-state index in [4.69, 9.17) is 9.47 Å². The van der Waals surface area contributed by atoms with Crippen LogP contribution in [0.1, 0.15) is 17.3 Å². The van der Waals surface area contributed by atoms with E-state index in [-0.39, 0.29) is 0 Å². The lowest BCUT2D eigenvalue weighted by Gasteiger charge is -2.13. The number of carbonyl (C=O) groups excluding carboxylic acids is 1. The zero-order valence-electron chi connectivity index (χ0n) is 9.16. The summed E-state index contributed by atoms with van der Waals surface area (Å²) in [6.07, 6.45) is 0.775. The molecule has 1 aromatic rings. The fourth-order valence-electron chi connectivity index (χ4n) is 1.36. The second kappa shape index (κ2) is 5.24. The number of hydrogen-bond acceptors (Lipinski definition) is 4. The quantitative estimate of drug-likeness (QED) is 0.753. The lowest BCUT2D eigenvalue weighted by atomic mass is 10.1. The van der Waals surface area contributed by atoms with Crippen LogP contribution in [0, 0.1) is 0 Å². The van der Waals surface area contributed by atoms with Crippen molar-refractivity contribution < 1.29 is 14.3 Å². The highest BCUT2D eigenvalue weighted by Crippen LogP contribution is 2.32. The van der Waals surface area contributed by atoms with Crippen molar-refractivity contribution in [1.29, 1.82) is 0 Å². The molecule has 0 bridgehead atoms. The van der Waals surface area contributed by atoms with Crippen LogP contribution in [0.3, 0.4) is 0 Å². The van der Waals surface area contributed by atoms with Crippen LogP contribution in [0.4, 0.5) is 5.69 Å². The molecule has 0 radical (unpaired) electrons. The molecule has 1 N–H and O–H groups in total. The molecular weight excluding hydrogens is 194 g/mol. The molecule has 0 saturated carbocycles. The van der Waals surface area contributed by atoms with Gasteiger partial charge in [-0.25, -0.2) is 0 Å². The van der Waals surface area contributed by atoms with Crippen LogP contribution in [0.15, 0.2) is 12.1 Å². The monoisotopic (exact) mass is 209 g/mol. The van der Waals surface area contributed by atoms with E-state index in [2.05, 4.69) is 5.32 Å². The smallest absolute Gasteiger partial charge is 0.152 e. The third-order valence-electron chi connectivity index (χ3n) is 2.02. The largest absolute Gasteiger partial charge is 0.497 e. The number of hydrogen-bond donors (Lipinski definition) is 1. The summed E-state index contributed by atoms with van der Waals surface area (Å²) in [5, 5.41) is 2.94. The Morgan fingerprint density at radius 1 is 1.47 bits per heavy atom. The minimum atomic E-state index is 0.528. The highest BCUT2D eigenvalue weighted by molar-refractivity contribution is 5.88. The molecule has 15 heavy (non-hydrogen) atoms. The minimum absolute atomic E-state index is 0.528. The van der Waals surface area contributed by atoms with Gasteiger partial charge in [-0.2, -0.15) is 0 Å². The van der Waals surface area contributed by atoms with Gasteiger partial charge in [-0.15, -0.1) is 0 Å². The summed E-state index contributed by atoms with van der Waals surface area (Å²) >= 11 is 0. The molecule has 1 aromatic carbocycles.